The van der Waals surface area contributed by atoms with Gasteiger partial charge in [0.05, 0.1) is 0 Å². The topological polar surface area (TPSA) is 51.6 Å². The molecule has 2 heterocycles. The van der Waals surface area contributed by atoms with Gasteiger partial charge in [-0.2, -0.15) is 0 Å². The zero-order chi connectivity index (χ0) is 43.3. The third-order valence-corrected chi connectivity index (χ3v) is 14.2. The Morgan fingerprint density at radius 1 is 0.359 bits per heavy atom. The molecule has 1 radical (unpaired) electrons. The monoisotopic (exact) mass is 1010 g/mol. The van der Waals surface area contributed by atoms with Crippen molar-refractivity contribution in [3.63, 3.8) is 0 Å². The van der Waals surface area contributed by atoms with Gasteiger partial charge in [-0.05, 0) is 90.7 Å². The molecule has 10 rings (SSSR count). The molecule has 1 aliphatic carbocycles. The van der Waals surface area contributed by atoms with Crippen LogP contribution in [0, 0.1) is 11.5 Å². The number of fused-ring (bicyclic) bond motifs is 1. The van der Waals surface area contributed by atoms with Crippen LogP contribution in [-0.2, 0) is 30.9 Å². The van der Waals surface area contributed by atoms with Crippen molar-refractivity contribution >= 4 is 0 Å². The third-order valence-electron chi connectivity index (χ3n) is 14.2. The minimum absolute atomic E-state index is 0. The first kappa shape index (κ1) is 42.6. The first-order chi connectivity index (χ1) is 30.5. The molecule has 0 saturated carbocycles. The van der Waals surface area contributed by atoms with Crippen LogP contribution < -0.4 is 0 Å². The normalized spacial score (nSPS) is 14.3. The van der Waals surface area contributed by atoms with E-state index in [1.54, 1.807) is 0 Å². The molecule has 315 valence electrons. The fraction of sp³-hybridized carbons (Fsp3) is 0.153. The van der Waals surface area contributed by atoms with Gasteiger partial charge in [-0.3, -0.25) is 0 Å². The van der Waals surface area contributed by atoms with Crippen molar-refractivity contribution in [2.24, 2.45) is 5.41 Å². The zero-order valence-electron chi connectivity index (χ0n) is 37.0. The SMILES string of the molecule is CC1(C)c2c[c-]c(-c3ccc(-c4nc(-c5cccc(-c6cccc(-c7ccccc7)c6)c5)nc(-c5cccc(-c6cccc(-c7ccccc7)c6)c5)n4)cn3)cc2C(C)(C)C1(C)C.[Ir]. The fourth-order valence-electron chi connectivity index (χ4n) is 9.27. The van der Waals surface area contributed by atoms with E-state index in [4.69, 9.17) is 19.9 Å². The Balaban J connectivity index is 0.00000518. The average molecular weight is 1010 g/mol. The number of rotatable bonds is 8. The Kier molecular flexibility index (Phi) is 11.2. The van der Waals surface area contributed by atoms with Crippen LogP contribution >= 0.6 is 0 Å². The molecule has 0 spiro atoms. The quantitative estimate of drug-likeness (QED) is 0.142. The molecule has 0 fully saturated rings. The average Bonchev–Trinajstić information content (AvgIpc) is 3.44. The van der Waals surface area contributed by atoms with Gasteiger partial charge >= 0.3 is 0 Å². The van der Waals surface area contributed by atoms with Gasteiger partial charge in [0.25, 0.3) is 0 Å². The summed E-state index contributed by atoms with van der Waals surface area (Å²) < 4.78 is 0. The summed E-state index contributed by atoms with van der Waals surface area (Å²) in [5.74, 6) is 1.75. The summed E-state index contributed by atoms with van der Waals surface area (Å²) in [6, 6.07) is 67.5. The molecule has 4 nitrogen and oxygen atoms in total. The van der Waals surface area contributed by atoms with Crippen molar-refractivity contribution in [3.8, 4) is 89.9 Å². The van der Waals surface area contributed by atoms with Gasteiger partial charge in [-0.25, -0.2) is 15.0 Å². The fourth-order valence-corrected chi connectivity index (χ4v) is 9.27. The molecule has 0 amide bonds. The summed E-state index contributed by atoms with van der Waals surface area (Å²) in [6.45, 7) is 14.2. The molecule has 1 aliphatic rings. The molecule has 0 atom stereocenters. The van der Waals surface area contributed by atoms with E-state index in [1.165, 1.54) is 33.4 Å². The molecule has 0 aliphatic heterocycles. The first-order valence-electron chi connectivity index (χ1n) is 21.8. The Labute approximate surface area is 391 Å². The van der Waals surface area contributed by atoms with Crippen LogP contribution in [0.15, 0.2) is 188 Å². The summed E-state index contributed by atoms with van der Waals surface area (Å²) >= 11 is 0. The smallest absolute Gasteiger partial charge is 0.165 e. The minimum Gasteiger partial charge on any atom is -0.304 e. The van der Waals surface area contributed by atoms with Crippen LogP contribution in [0.3, 0.4) is 0 Å². The van der Waals surface area contributed by atoms with E-state index in [0.717, 1.165) is 50.2 Å². The van der Waals surface area contributed by atoms with E-state index in [-0.39, 0.29) is 36.4 Å². The second kappa shape index (κ2) is 16.8. The number of hydrogen-bond donors (Lipinski definition) is 0. The van der Waals surface area contributed by atoms with Crippen LogP contribution in [0.5, 0.6) is 0 Å². The Morgan fingerprint density at radius 3 is 1.17 bits per heavy atom. The third kappa shape index (κ3) is 7.63. The Bertz CT molecular complexity index is 2990. The molecular weight excluding hydrogens is 957 g/mol. The summed E-state index contributed by atoms with van der Waals surface area (Å²) in [5.41, 5.74) is 16.4. The number of nitrogens with zero attached hydrogens (tertiary/aromatic N) is 4. The number of hydrogen-bond acceptors (Lipinski definition) is 4. The molecular formula is C59H49IrN4-. The van der Waals surface area contributed by atoms with Crippen LogP contribution in [-0.4, -0.2) is 19.9 Å². The van der Waals surface area contributed by atoms with E-state index in [2.05, 4.69) is 217 Å². The van der Waals surface area contributed by atoms with Gasteiger partial charge in [-0.15, -0.1) is 34.9 Å². The zero-order valence-corrected chi connectivity index (χ0v) is 39.4. The molecule has 0 unspecified atom stereocenters. The second-order valence-corrected chi connectivity index (χ2v) is 18.3. The van der Waals surface area contributed by atoms with Crippen molar-refractivity contribution in [2.45, 2.75) is 52.4 Å². The summed E-state index contributed by atoms with van der Waals surface area (Å²) in [4.78, 5) is 20.5. The maximum Gasteiger partial charge on any atom is 0.165 e. The van der Waals surface area contributed by atoms with Crippen LogP contribution in [0.4, 0.5) is 0 Å². The number of pyridine rings is 1. The van der Waals surface area contributed by atoms with Gasteiger partial charge in [0, 0.05) is 43.0 Å². The second-order valence-electron chi connectivity index (χ2n) is 18.3. The predicted molar refractivity (Wildman–Crippen MR) is 260 cm³/mol. The Morgan fingerprint density at radius 2 is 0.734 bits per heavy atom. The first-order valence-corrected chi connectivity index (χ1v) is 21.8. The van der Waals surface area contributed by atoms with Crippen molar-refractivity contribution < 1.29 is 20.1 Å². The van der Waals surface area contributed by atoms with Crippen LogP contribution in [0.2, 0.25) is 0 Å². The van der Waals surface area contributed by atoms with Crippen molar-refractivity contribution in [2.75, 3.05) is 0 Å². The summed E-state index contributed by atoms with van der Waals surface area (Å²) in [6.07, 6.45) is 1.88. The van der Waals surface area contributed by atoms with E-state index < -0.39 is 0 Å². The molecule has 64 heavy (non-hydrogen) atoms. The molecule has 9 aromatic rings. The molecule has 0 bridgehead atoms. The van der Waals surface area contributed by atoms with Crippen molar-refractivity contribution in [3.05, 3.63) is 205 Å². The summed E-state index contributed by atoms with van der Waals surface area (Å²) in [7, 11) is 0. The van der Waals surface area contributed by atoms with Crippen LogP contribution in [0.1, 0.15) is 52.7 Å². The number of benzene rings is 7. The Hall–Kier alpha value is -6.65. The van der Waals surface area contributed by atoms with E-state index >= 15 is 0 Å². The minimum atomic E-state index is -0.0166. The molecule has 0 N–H and O–H groups in total. The van der Waals surface area contributed by atoms with Crippen molar-refractivity contribution in [1.29, 1.82) is 0 Å². The summed E-state index contributed by atoms with van der Waals surface area (Å²) in [5, 5.41) is 0. The molecule has 7 aromatic carbocycles. The van der Waals surface area contributed by atoms with E-state index in [9.17, 15) is 0 Å². The maximum atomic E-state index is 5.19. The van der Waals surface area contributed by atoms with Gasteiger partial charge in [0.1, 0.15) is 0 Å². The van der Waals surface area contributed by atoms with Gasteiger partial charge in [-0.1, -0.05) is 187 Å². The largest absolute Gasteiger partial charge is 0.304 e. The van der Waals surface area contributed by atoms with Gasteiger partial charge in [0.2, 0.25) is 0 Å². The molecule has 0 saturated heterocycles. The molecule has 5 heteroatoms. The van der Waals surface area contributed by atoms with E-state index in [1.807, 2.05) is 18.3 Å². The maximum absolute atomic E-state index is 5.19. The molecule has 2 aromatic heterocycles. The van der Waals surface area contributed by atoms with E-state index in [0.29, 0.717) is 17.5 Å². The van der Waals surface area contributed by atoms with Crippen LogP contribution in [0.25, 0.3) is 89.9 Å². The van der Waals surface area contributed by atoms with Gasteiger partial charge < -0.3 is 4.98 Å². The standard InChI is InChI=1S/C59H49N4.Ir/c1-57(2)51-31-29-47(37-52(51)58(3,4)59(57,5)6)53-32-30-50(38-60-53)56-62-54(48-27-15-25-45(35-48)43-23-13-21-41(33-43)39-17-9-7-10-18-39)61-55(63-56)49-28-16-26-46(36-49)44-24-14-22-42(34-44)40-19-11-8-12-20-40;/h7-28,30-38H,1-6H3;/q-1;. The number of aromatic nitrogens is 4. The van der Waals surface area contributed by atoms with Crippen molar-refractivity contribution in [1.82, 2.24) is 19.9 Å². The predicted octanol–water partition coefficient (Wildman–Crippen LogP) is 15.0. The van der Waals surface area contributed by atoms with Gasteiger partial charge in [0.15, 0.2) is 17.5 Å².